The zero-order valence-electron chi connectivity index (χ0n) is 15.0. The van der Waals surface area contributed by atoms with E-state index in [9.17, 15) is 26.7 Å². The van der Waals surface area contributed by atoms with Crippen LogP contribution in [0.5, 0.6) is 5.75 Å². The van der Waals surface area contributed by atoms with Gasteiger partial charge in [-0.1, -0.05) is 11.8 Å². The predicted octanol–water partition coefficient (Wildman–Crippen LogP) is 3.96. The molecular formula is C17H12F5N5O2S. The van der Waals surface area contributed by atoms with E-state index >= 15 is 0 Å². The van der Waals surface area contributed by atoms with Crippen molar-refractivity contribution in [1.29, 1.82) is 0 Å². The molecule has 0 radical (unpaired) electrons. The summed E-state index contributed by atoms with van der Waals surface area (Å²) in [6, 6.07) is 7.42. The minimum atomic E-state index is -4.82. The number of ether oxygens (including phenoxy) is 1. The SMILES string of the molecule is CC(Sc1nnnn1-c1ccc(OC(F)(F)F)cc1)C(=O)Nc1cc(F)ccc1F. The van der Waals surface area contributed by atoms with Gasteiger partial charge in [0.1, 0.15) is 17.4 Å². The third-order valence-corrected chi connectivity index (χ3v) is 4.63. The van der Waals surface area contributed by atoms with E-state index in [0.717, 1.165) is 42.1 Å². The predicted molar refractivity (Wildman–Crippen MR) is 96.1 cm³/mol. The first kappa shape index (κ1) is 21.5. The van der Waals surface area contributed by atoms with Crippen LogP contribution in [0.4, 0.5) is 27.6 Å². The van der Waals surface area contributed by atoms with E-state index < -0.39 is 34.9 Å². The molecule has 158 valence electrons. The molecule has 30 heavy (non-hydrogen) atoms. The Balaban J connectivity index is 1.70. The molecule has 0 fully saturated rings. The van der Waals surface area contributed by atoms with Crippen molar-refractivity contribution in [1.82, 2.24) is 20.2 Å². The molecule has 1 aromatic heterocycles. The molecule has 3 rings (SSSR count). The number of nitrogens with one attached hydrogen (secondary N) is 1. The Bertz CT molecular complexity index is 1040. The van der Waals surface area contributed by atoms with Crippen LogP contribution in [0, 0.1) is 11.6 Å². The molecule has 0 saturated carbocycles. The number of alkyl halides is 3. The van der Waals surface area contributed by atoms with Crippen molar-refractivity contribution in [2.45, 2.75) is 23.7 Å². The lowest BCUT2D eigenvalue weighted by Gasteiger charge is -2.13. The van der Waals surface area contributed by atoms with Crippen LogP contribution in [0.25, 0.3) is 5.69 Å². The number of carbonyl (C=O) groups is 1. The first-order chi connectivity index (χ1) is 14.1. The van der Waals surface area contributed by atoms with Gasteiger partial charge in [-0.3, -0.25) is 4.79 Å². The number of anilines is 1. The topological polar surface area (TPSA) is 81.9 Å². The molecule has 2 aromatic carbocycles. The maximum absolute atomic E-state index is 13.7. The number of carbonyl (C=O) groups excluding carboxylic acids is 1. The van der Waals surface area contributed by atoms with Gasteiger partial charge in [0, 0.05) is 6.07 Å². The monoisotopic (exact) mass is 445 g/mol. The van der Waals surface area contributed by atoms with Gasteiger partial charge in [0.05, 0.1) is 16.6 Å². The maximum Gasteiger partial charge on any atom is 0.573 e. The van der Waals surface area contributed by atoms with Gasteiger partial charge in [-0.25, -0.2) is 8.78 Å². The smallest absolute Gasteiger partial charge is 0.406 e. The van der Waals surface area contributed by atoms with Crippen LogP contribution in [-0.4, -0.2) is 37.7 Å². The van der Waals surface area contributed by atoms with E-state index in [1.807, 2.05) is 0 Å². The molecule has 13 heteroatoms. The van der Waals surface area contributed by atoms with Gasteiger partial charge in [-0.15, -0.1) is 18.3 Å². The van der Waals surface area contributed by atoms with Gasteiger partial charge >= 0.3 is 6.36 Å². The Kier molecular flexibility index (Phi) is 6.20. The summed E-state index contributed by atoms with van der Waals surface area (Å²) in [4.78, 5) is 12.3. The Morgan fingerprint density at radius 3 is 2.53 bits per heavy atom. The summed E-state index contributed by atoms with van der Waals surface area (Å²) in [7, 11) is 0. The van der Waals surface area contributed by atoms with E-state index in [1.165, 1.54) is 23.7 Å². The molecule has 0 spiro atoms. The molecular weight excluding hydrogens is 433 g/mol. The lowest BCUT2D eigenvalue weighted by molar-refractivity contribution is -0.274. The Hall–Kier alpha value is -3.22. The van der Waals surface area contributed by atoms with Crippen molar-refractivity contribution in [3.63, 3.8) is 0 Å². The van der Waals surface area contributed by atoms with Crippen LogP contribution < -0.4 is 10.1 Å². The Morgan fingerprint density at radius 2 is 1.87 bits per heavy atom. The van der Waals surface area contributed by atoms with Crippen LogP contribution in [0.1, 0.15) is 6.92 Å². The highest BCUT2D eigenvalue weighted by Gasteiger charge is 2.31. The number of rotatable bonds is 6. The molecule has 1 heterocycles. The van der Waals surface area contributed by atoms with Crippen LogP contribution in [0.15, 0.2) is 47.6 Å². The number of thioether (sulfide) groups is 1. The summed E-state index contributed by atoms with van der Waals surface area (Å²) in [5.74, 6) is -2.56. The second-order valence-electron chi connectivity index (χ2n) is 5.79. The number of amides is 1. The number of benzene rings is 2. The zero-order valence-corrected chi connectivity index (χ0v) is 15.8. The minimum Gasteiger partial charge on any atom is -0.406 e. The quantitative estimate of drug-likeness (QED) is 0.457. The number of hydrogen-bond acceptors (Lipinski definition) is 6. The Morgan fingerprint density at radius 1 is 1.17 bits per heavy atom. The van der Waals surface area contributed by atoms with Crippen LogP contribution in [0.3, 0.4) is 0 Å². The summed E-state index contributed by atoms with van der Waals surface area (Å²) in [5.41, 5.74) is 0.00750. The first-order valence-corrected chi connectivity index (χ1v) is 9.07. The second-order valence-corrected chi connectivity index (χ2v) is 7.10. The van der Waals surface area contributed by atoms with Gasteiger partial charge in [-0.2, -0.15) is 4.68 Å². The molecule has 1 atom stereocenters. The highest BCUT2D eigenvalue weighted by atomic mass is 32.2. The minimum absolute atomic E-state index is 0.154. The standard InChI is InChI=1S/C17H12F5N5O2S/c1-9(15(28)23-14-8-10(18)2-7-13(14)19)30-16-24-25-26-27(16)11-3-5-12(6-4-11)29-17(20,21)22/h2-9H,1H3,(H,23,28). The van der Waals surface area contributed by atoms with E-state index in [4.69, 9.17) is 0 Å². The third-order valence-electron chi connectivity index (χ3n) is 3.59. The molecule has 0 saturated heterocycles. The normalized spacial score (nSPS) is 12.5. The molecule has 1 amide bonds. The van der Waals surface area contributed by atoms with E-state index in [-0.39, 0.29) is 10.8 Å². The van der Waals surface area contributed by atoms with Crippen molar-refractivity contribution in [3.05, 3.63) is 54.1 Å². The molecule has 0 aliphatic carbocycles. The molecule has 0 aliphatic rings. The fraction of sp³-hybridized carbons (Fsp3) is 0.176. The molecule has 7 nitrogen and oxygen atoms in total. The van der Waals surface area contributed by atoms with Crippen LogP contribution >= 0.6 is 11.8 Å². The number of aromatic nitrogens is 4. The highest BCUT2D eigenvalue weighted by molar-refractivity contribution is 8.00. The largest absolute Gasteiger partial charge is 0.573 e. The number of nitrogens with zero attached hydrogens (tertiary/aromatic N) is 4. The van der Waals surface area contributed by atoms with Crippen molar-refractivity contribution in [2.24, 2.45) is 0 Å². The van der Waals surface area contributed by atoms with Crippen molar-refractivity contribution in [2.75, 3.05) is 5.32 Å². The van der Waals surface area contributed by atoms with Crippen molar-refractivity contribution >= 4 is 23.4 Å². The molecule has 3 aromatic rings. The van der Waals surface area contributed by atoms with Gasteiger partial charge < -0.3 is 10.1 Å². The van der Waals surface area contributed by atoms with E-state index in [2.05, 4.69) is 25.6 Å². The summed E-state index contributed by atoms with van der Waals surface area (Å²) in [6.07, 6.45) is -4.82. The number of halogens is 5. The Labute approximate surface area is 170 Å². The summed E-state index contributed by atoms with van der Waals surface area (Å²) in [6.45, 7) is 1.50. The van der Waals surface area contributed by atoms with Crippen LogP contribution in [-0.2, 0) is 4.79 Å². The fourth-order valence-corrected chi connectivity index (χ4v) is 3.05. The molecule has 1 N–H and O–H groups in total. The highest BCUT2D eigenvalue weighted by Crippen LogP contribution is 2.27. The molecule has 0 aliphatic heterocycles. The summed E-state index contributed by atoms with van der Waals surface area (Å²) in [5, 5.41) is 12.6. The average molecular weight is 445 g/mol. The maximum atomic E-state index is 13.7. The summed E-state index contributed by atoms with van der Waals surface area (Å²) >= 11 is 0.911. The van der Waals surface area contributed by atoms with E-state index in [0.29, 0.717) is 5.69 Å². The van der Waals surface area contributed by atoms with Gasteiger partial charge in [0.2, 0.25) is 11.1 Å². The van der Waals surface area contributed by atoms with Gasteiger partial charge in [-0.05, 0) is 53.7 Å². The van der Waals surface area contributed by atoms with Crippen molar-refractivity contribution in [3.8, 4) is 11.4 Å². The second kappa shape index (κ2) is 8.65. The van der Waals surface area contributed by atoms with Crippen molar-refractivity contribution < 1.29 is 31.5 Å². The van der Waals surface area contributed by atoms with Gasteiger partial charge in [0.25, 0.3) is 0 Å². The molecule has 0 bridgehead atoms. The van der Waals surface area contributed by atoms with Crippen LogP contribution in [0.2, 0.25) is 0 Å². The summed E-state index contributed by atoms with van der Waals surface area (Å²) < 4.78 is 68.7. The molecule has 1 unspecified atom stereocenters. The van der Waals surface area contributed by atoms with Gasteiger partial charge in [0.15, 0.2) is 0 Å². The van der Waals surface area contributed by atoms with E-state index in [1.54, 1.807) is 0 Å². The number of tetrazole rings is 1. The lowest BCUT2D eigenvalue weighted by atomic mass is 10.3. The lowest BCUT2D eigenvalue weighted by Crippen LogP contribution is -2.23. The average Bonchev–Trinajstić information content (AvgIpc) is 3.12. The number of hydrogen-bond donors (Lipinski definition) is 1. The third kappa shape index (κ3) is 5.43. The first-order valence-electron chi connectivity index (χ1n) is 8.19. The fourth-order valence-electron chi connectivity index (χ4n) is 2.24. The zero-order chi connectivity index (χ0) is 21.9.